The van der Waals surface area contributed by atoms with E-state index in [9.17, 15) is 9.59 Å². The van der Waals surface area contributed by atoms with E-state index < -0.39 is 11.9 Å². The minimum Gasteiger partial charge on any atom is -0.465 e. The molecule has 0 saturated carbocycles. The first-order valence-electron chi connectivity index (χ1n) is 3.28. The molecule has 0 aliphatic rings. The topological polar surface area (TPSA) is 52.6 Å². The summed E-state index contributed by atoms with van der Waals surface area (Å²) in [5.41, 5.74) is 0. The van der Waals surface area contributed by atoms with Gasteiger partial charge in [-0.3, -0.25) is 0 Å². The molecule has 0 saturated heterocycles. The lowest BCUT2D eigenvalue weighted by Crippen LogP contribution is -2.06. The van der Waals surface area contributed by atoms with E-state index in [4.69, 9.17) is 0 Å². The number of carbonyl (C=O) groups is 2. The molecule has 70 valence electrons. The Labute approximate surface area is 79.7 Å². The standard InChI is InChI=1S/C6H7O4P3/c1-9-5(7)3-4(6(8)10-2)12-13-11-3/h13H,1-2H3. The van der Waals surface area contributed by atoms with Gasteiger partial charge in [-0.1, -0.05) is 7.55 Å². The highest BCUT2D eigenvalue weighted by molar-refractivity contribution is 8.18. The highest BCUT2D eigenvalue weighted by Crippen LogP contribution is 2.42. The van der Waals surface area contributed by atoms with E-state index in [0.717, 1.165) is 15.7 Å². The van der Waals surface area contributed by atoms with Crippen LogP contribution in [0.1, 0.15) is 20.2 Å². The van der Waals surface area contributed by atoms with Gasteiger partial charge in [0.05, 0.1) is 14.2 Å². The molecule has 0 fully saturated rings. The van der Waals surface area contributed by atoms with E-state index in [1.165, 1.54) is 14.2 Å². The van der Waals surface area contributed by atoms with Crippen LogP contribution >= 0.6 is 23.3 Å². The third kappa shape index (κ3) is 2.28. The van der Waals surface area contributed by atoms with Gasteiger partial charge in [0, 0.05) is 0 Å². The molecule has 0 aliphatic heterocycles. The second-order valence-corrected chi connectivity index (χ2v) is 7.29. The van der Waals surface area contributed by atoms with Gasteiger partial charge in [0.25, 0.3) is 0 Å². The van der Waals surface area contributed by atoms with Gasteiger partial charge in [0.1, 0.15) is 10.6 Å². The van der Waals surface area contributed by atoms with E-state index >= 15 is 0 Å². The zero-order valence-electron chi connectivity index (χ0n) is 7.03. The lowest BCUT2D eigenvalue weighted by atomic mass is 10.4. The minimum atomic E-state index is -0.431. The summed E-state index contributed by atoms with van der Waals surface area (Å²) in [4.78, 5) is 22.3. The number of ether oxygens (including phenoxy) is 2. The zero-order valence-corrected chi connectivity index (χ0v) is 9.82. The van der Waals surface area contributed by atoms with Gasteiger partial charge in [-0.15, -0.1) is 0 Å². The number of methoxy groups -OCH3 is 2. The predicted octanol–water partition coefficient (Wildman–Crippen LogP) is 2.45. The lowest BCUT2D eigenvalue weighted by molar-refractivity contribution is 0.0564. The molecule has 0 aliphatic carbocycles. The van der Waals surface area contributed by atoms with Gasteiger partial charge in [-0.25, -0.2) is 9.59 Å². The maximum absolute atomic E-state index is 11.2. The molecular formula is C6H7O4P3. The molecule has 0 aromatic carbocycles. The van der Waals surface area contributed by atoms with E-state index in [1.807, 2.05) is 0 Å². The fraction of sp³-hybridized carbons (Fsp3) is 0.333. The van der Waals surface area contributed by atoms with Crippen molar-refractivity contribution in [2.75, 3.05) is 14.2 Å². The average Bonchev–Trinajstić information content (AvgIpc) is 2.63. The second-order valence-electron chi connectivity index (χ2n) is 2.00. The Morgan fingerprint density at radius 1 is 1.08 bits per heavy atom. The van der Waals surface area contributed by atoms with Crippen LogP contribution in [0.4, 0.5) is 0 Å². The van der Waals surface area contributed by atoms with Crippen molar-refractivity contribution < 1.29 is 19.1 Å². The van der Waals surface area contributed by atoms with E-state index in [-0.39, 0.29) is 0 Å². The third-order valence-electron chi connectivity index (χ3n) is 1.31. The maximum Gasteiger partial charge on any atom is 0.344 e. The van der Waals surface area contributed by atoms with Crippen molar-refractivity contribution in [3.63, 3.8) is 0 Å². The Morgan fingerprint density at radius 2 is 1.46 bits per heavy atom. The molecule has 0 radical (unpaired) electrons. The number of hydrogen-bond acceptors (Lipinski definition) is 4. The van der Waals surface area contributed by atoms with Crippen molar-refractivity contribution in [3.05, 3.63) is 10.6 Å². The molecule has 13 heavy (non-hydrogen) atoms. The SMILES string of the molecule is COC(=O)c1p[pH]pc1C(=O)OC. The normalized spacial score (nSPS) is 11.2. The first-order chi connectivity index (χ1) is 6.20. The number of hydrogen-bond donors (Lipinski definition) is 0. The molecule has 7 heteroatoms. The highest BCUT2D eigenvalue weighted by Gasteiger charge is 2.19. The minimum absolute atomic E-state index is 0.431. The molecule has 1 aromatic rings. The summed E-state index contributed by atoms with van der Waals surface area (Å²) in [6.07, 6.45) is 0. The van der Waals surface area contributed by atoms with Crippen LogP contribution in [0.15, 0.2) is 0 Å². The maximum atomic E-state index is 11.2. The molecule has 0 atom stereocenters. The smallest absolute Gasteiger partial charge is 0.344 e. The lowest BCUT2D eigenvalue weighted by Gasteiger charge is -1.98. The molecule has 0 bridgehead atoms. The van der Waals surface area contributed by atoms with Crippen LogP contribution in [0.3, 0.4) is 0 Å². The Kier molecular flexibility index (Phi) is 3.87. The van der Waals surface area contributed by atoms with Crippen LogP contribution in [-0.4, -0.2) is 26.2 Å². The summed E-state index contributed by atoms with van der Waals surface area (Å²) in [7, 11) is 4.87. The van der Waals surface area contributed by atoms with Crippen LogP contribution in [0.2, 0.25) is 0 Å². The first kappa shape index (κ1) is 10.7. The Balaban J connectivity index is 3.02. The van der Waals surface area contributed by atoms with Crippen LogP contribution in [-0.2, 0) is 9.47 Å². The summed E-state index contributed by atoms with van der Waals surface area (Å²) < 4.78 is 9.10. The molecule has 0 amide bonds. The van der Waals surface area contributed by atoms with E-state index in [2.05, 4.69) is 9.47 Å². The van der Waals surface area contributed by atoms with Crippen molar-refractivity contribution in [1.29, 1.82) is 0 Å². The van der Waals surface area contributed by atoms with Crippen LogP contribution in [0.25, 0.3) is 0 Å². The fourth-order valence-electron chi connectivity index (χ4n) is 0.709. The Morgan fingerprint density at radius 3 is 1.77 bits per heavy atom. The summed E-state index contributed by atoms with van der Waals surface area (Å²) in [5.74, 6) is -0.862. The summed E-state index contributed by atoms with van der Waals surface area (Å²) in [6.45, 7) is 0. The second kappa shape index (κ2) is 4.72. The Hall–Kier alpha value is -0.420. The molecule has 1 rings (SSSR count). The van der Waals surface area contributed by atoms with Gasteiger partial charge in [0.2, 0.25) is 0 Å². The molecule has 1 aromatic heterocycles. The summed E-state index contributed by atoms with van der Waals surface area (Å²) >= 11 is 0. The van der Waals surface area contributed by atoms with Crippen LogP contribution in [0.5, 0.6) is 0 Å². The number of esters is 2. The number of carbonyl (C=O) groups excluding carboxylic acids is 2. The van der Waals surface area contributed by atoms with Crippen molar-refractivity contribution in [2.45, 2.75) is 0 Å². The van der Waals surface area contributed by atoms with Gasteiger partial charge >= 0.3 is 11.9 Å². The summed E-state index contributed by atoms with van der Waals surface area (Å²) in [5, 5.41) is 0.878. The monoisotopic (exact) mass is 236 g/mol. The van der Waals surface area contributed by atoms with Gasteiger partial charge < -0.3 is 9.47 Å². The van der Waals surface area contributed by atoms with Crippen molar-refractivity contribution in [3.8, 4) is 0 Å². The van der Waals surface area contributed by atoms with Gasteiger partial charge in [-0.2, -0.15) is 0 Å². The van der Waals surface area contributed by atoms with Gasteiger partial charge in [-0.05, 0) is 15.7 Å². The quantitative estimate of drug-likeness (QED) is 0.740. The average molecular weight is 236 g/mol. The first-order valence-corrected chi connectivity index (χ1v) is 7.75. The largest absolute Gasteiger partial charge is 0.465 e. The Bertz CT molecular complexity index is 302. The van der Waals surface area contributed by atoms with E-state index in [1.54, 1.807) is 0 Å². The van der Waals surface area contributed by atoms with Crippen molar-refractivity contribution in [2.24, 2.45) is 0 Å². The highest BCUT2D eigenvalue weighted by atomic mass is 32.1. The molecule has 0 N–H and O–H groups in total. The predicted molar refractivity (Wildman–Crippen MR) is 53.6 cm³/mol. The van der Waals surface area contributed by atoms with Gasteiger partial charge in [0.15, 0.2) is 0 Å². The molecule has 1 heterocycles. The van der Waals surface area contributed by atoms with Crippen LogP contribution < -0.4 is 0 Å². The number of rotatable bonds is 2. The molecule has 0 unspecified atom stereocenters. The van der Waals surface area contributed by atoms with E-state index in [0.29, 0.717) is 18.1 Å². The third-order valence-corrected chi connectivity index (χ3v) is 6.68. The van der Waals surface area contributed by atoms with Crippen molar-refractivity contribution in [1.82, 2.24) is 0 Å². The fourth-order valence-corrected chi connectivity index (χ4v) is 6.80. The van der Waals surface area contributed by atoms with Crippen LogP contribution in [0, 0.1) is 0 Å². The molecular weight excluding hydrogens is 229 g/mol. The molecule has 0 spiro atoms. The van der Waals surface area contributed by atoms with Crippen molar-refractivity contribution >= 4 is 35.2 Å². The summed E-state index contributed by atoms with van der Waals surface area (Å²) in [6, 6.07) is 0. The zero-order chi connectivity index (χ0) is 9.84. The molecule has 4 nitrogen and oxygen atoms in total.